The predicted molar refractivity (Wildman–Crippen MR) is 61.9 cm³/mol. The van der Waals surface area contributed by atoms with Crippen LogP contribution in [0.25, 0.3) is 0 Å². The van der Waals surface area contributed by atoms with Crippen LogP contribution in [0.5, 0.6) is 0 Å². The molecule has 1 heterocycles. The van der Waals surface area contributed by atoms with Crippen molar-refractivity contribution in [1.82, 2.24) is 5.32 Å². The van der Waals surface area contributed by atoms with Crippen molar-refractivity contribution >= 4 is 11.7 Å². The Balaban J connectivity index is 1.97. The molecular weight excluding hydrogens is 202 g/mol. The van der Waals surface area contributed by atoms with Gasteiger partial charge in [-0.3, -0.25) is 9.59 Å². The fourth-order valence-corrected chi connectivity index (χ4v) is 3.09. The van der Waals surface area contributed by atoms with Crippen LogP contribution in [0.2, 0.25) is 0 Å². The van der Waals surface area contributed by atoms with Gasteiger partial charge in [0.05, 0.1) is 0 Å². The summed E-state index contributed by atoms with van der Waals surface area (Å²) in [6.07, 6.45) is 7.59. The molecule has 1 aliphatic carbocycles. The second-order valence-electron chi connectivity index (χ2n) is 5.11. The number of hydrogen-bond donors (Lipinski definition) is 1. The van der Waals surface area contributed by atoms with Crippen molar-refractivity contribution in [2.24, 2.45) is 11.8 Å². The van der Waals surface area contributed by atoms with Crippen molar-refractivity contribution in [2.45, 2.75) is 51.4 Å². The summed E-state index contributed by atoms with van der Waals surface area (Å²) in [7, 11) is 0. The quantitative estimate of drug-likeness (QED) is 0.683. The summed E-state index contributed by atoms with van der Waals surface area (Å²) in [6, 6.07) is 0. The third kappa shape index (κ3) is 2.83. The third-order valence-electron chi connectivity index (χ3n) is 3.97. The summed E-state index contributed by atoms with van der Waals surface area (Å²) < 4.78 is 0. The molecule has 1 aliphatic heterocycles. The molecule has 3 nitrogen and oxygen atoms in total. The molecule has 0 aromatic rings. The van der Waals surface area contributed by atoms with E-state index < -0.39 is 0 Å². The van der Waals surface area contributed by atoms with Gasteiger partial charge in [0.25, 0.3) is 0 Å². The van der Waals surface area contributed by atoms with Gasteiger partial charge >= 0.3 is 0 Å². The van der Waals surface area contributed by atoms with Crippen LogP contribution in [0.1, 0.15) is 51.4 Å². The van der Waals surface area contributed by atoms with Gasteiger partial charge in [-0.05, 0) is 44.4 Å². The molecule has 2 rings (SSSR count). The predicted octanol–water partition coefficient (Wildman–Crippen LogP) is 2.05. The van der Waals surface area contributed by atoms with Crippen LogP contribution in [0.3, 0.4) is 0 Å². The molecular formula is C13H21NO2. The van der Waals surface area contributed by atoms with E-state index in [2.05, 4.69) is 5.32 Å². The summed E-state index contributed by atoms with van der Waals surface area (Å²) in [6.45, 7) is 0.788. The van der Waals surface area contributed by atoms with Crippen LogP contribution in [0, 0.1) is 11.8 Å². The van der Waals surface area contributed by atoms with Crippen LogP contribution in [0.15, 0.2) is 0 Å². The number of amides is 1. The van der Waals surface area contributed by atoms with Crippen LogP contribution in [-0.2, 0) is 9.59 Å². The Kier molecular flexibility index (Phi) is 3.97. The minimum Gasteiger partial charge on any atom is -0.356 e. The lowest BCUT2D eigenvalue weighted by Gasteiger charge is -2.31. The number of carbonyl (C=O) groups is 2. The zero-order valence-electron chi connectivity index (χ0n) is 9.84. The fraction of sp³-hybridized carbons (Fsp3) is 0.846. The van der Waals surface area contributed by atoms with Gasteiger partial charge < -0.3 is 5.32 Å². The fourth-order valence-electron chi connectivity index (χ4n) is 3.09. The number of fused-ring (bicyclic) bond motifs is 1. The highest BCUT2D eigenvalue weighted by Gasteiger charge is 2.31. The molecule has 1 amide bonds. The van der Waals surface area contributed by atoms with E-state index in [1.54, 1.807) is 0 Å². The monoisotopic (exact) mass is 223 g/mol. The number of hydrogen-bond acceptors (Lipinski definition) is 2. The van der Waals surface area contributed by atoms with Crippen molar-refractivity contribution in [3.63, 3.8) is 0 Å². The molecule has 0 bridgehead atoms. The molecule has 2 aliphatic rings. The molecule has 16 heavy (non-hydrogen) atoms. The Labute approximate surface area is 97.0 Å². The molecule has 3 heteroatoms. The summed E-state index contributed by atoms with van der Waals surface area (Å²) in [5.41, 5.74) is 0. The van der Waals surface area contributed by atoms with Crippen molar-refractivity contribution in [2.75, 3.05) is 6.54 Å². The first-order chi connectivity index (χ1) is 7.77. The van der Waals surface area contributed by atoms with Gasteiger partial charge in [-0.1, -0.05) is 0 Å². The highest BCUT2D eigenvalue weighted by atomic mass is 16.1. The van der Waals surface area contributed by atoms with E-state index in [0.29, 0.717) is 18.1 Å². The van der Waals surface area contributed by atoms with Crippen molar-refractivity contribution < 1.29 is 9.59 Å². The minimum atomic E-state index is 0.154. The summed E-state index contributed by atoms with van der Waals surface area (Å²) in [5, 5.41) is 2.94. The smallest absolute Gasteiger partial charge is 0.219 e. The Morgan fingerprint density at radius 2 is 1.69 bits per heavy atom. The molecule has 0 aromatic heterocycles. The molecule has 1 saturated heterocycles. The second-order valence-corrected chi connectivity index (χ2v) is 5.11. The van der Waals surface area contributed by atoms with E-state index in [1.165, 1.54) is 6.42 Å². The van der Waals surface area contributed by atoms with Gasteiger partial charge in [0.2, 0.25) is 5.91 Å². The Morgan fingerprint density at radius 1 is 0.938 bits per heavy atom. The SMILES string of the molecule is O=C1CCCC2C(=O)CCCC2CCCN1. The number of carbonyl (C=O) groups excluding carboxylic acids is 2. The van der Waals surface area contributed by atoms with Crippen LogP contribution < -0.4 is 5.32 Å². The molecule has 0 aromatic carbocycles. The van der Waals surface area contributed by atoms with E-state index in [4.69, 9.17) is 0 Å². The number of nitrogens with one attached hydrogen (secondary N) is 1. The Bertz CT molecular complexity index is 275. The minimum absolute atomic E-state index is 0.154. The second kappa shape index (κ2) is 5.46. The molecule has 2 atom stereocenters. The third-order valence-corrected chi connectivity index (χ3v) is 3.97. The van der Waals surface area contributed by atoms with Gasteiger partial charge in [0, 0.05) is 25.3 Å². The normalized spacial score (nSPS) is 32.8. The molecule has 0 radical (unpaired) electrons. The summed E-state index contributed by atoms with van der Waals surface area (Å²) in [5.74, 6) is 1.47. The molecule has 2 unspecified atom stereocenters. The average molecular weight is 223 g/mol. The largest absolute Gasteiger partial charge is 0.356 e. The number of ketones is 1. The zero-order chi connectivity index (χ0) is 11.4. The highest BCUT2D eigenvalue weighted by molar-refractivity contribution is 5.82. The lowest BCUT2D eigenvalue weighted by molar-refractivity contribution is -0.128. The first-order valence-electron chi connectivity index (χ1n) is 6.57. The Hall–Kier alpha value is -0.860. The van der Waals surface area contributed by atoms with Crippen molar-refractivity contribution in [3.8, 4) is 0 Å². The van der Waals surface area contributed by atoms with Gasteiger partial charge in [-0.2, -0.15) is 0 Å². The standard InChI is InChI=1S/C13H21NO2/c15-12-7-1-4-10-5-3-9-14-13(16)8-2-6-11(10)12/h10-11H,1-9H2,(H,14,16). The average Bonchev–Trinajstić information content (AvgIpc) is 2.28. The van der Waals surface area contributed by atoms with Crippen LogP contribution >= 0.6 is 0 Å². The van der Waals surface area contributed by atoms with Crippen molar-refractivity contribution in [3.05, 3.63) is 0 Å². The van der Waals surface area contributed by atoms with Gasteiger partial charge in [-0.15, -0.1) is 0 Å². The van der Waals surface area contributed by atoms with E-state index in [-0.39, 0.29) is 11.8 Å². The van der Waals surface area contributed by atoms with E-state index in [9.17, 15) is 9.59 Å². The zero-order valence-corrected chi connectivity index (χ0v) is 9.84. The van der Waals surface area contributed by atoms with Gasteiger partial charge in [-0.25, -0.2) is 0 Å². The van der Waals surface area contributed by atoms with E-state index in [0.717, 1.165) is 45.1 Å². The first kappa shape index (κ1) is 11.6. The number of Topliss-reactive ketones (excluding diaryl/α,β-unsaturated/α-hetero) is 1. The van der Waals surface area contributed by atoms with Crippen LogP contribution in [0.4, 0.5) is 0 Å². The molecule has 2 fully saturated rings. The molecule has 1 N–H and O–H groups in total. The molecule has 1 saturated carbocycles. The Morgan fingerprint density at radius 3 is 2.56 bits per heavy atom. The van der Waals surface area contributed by atoms with E-state index >= 15 is 0 Å². The highest BCUT2D eigenvalue weighted by Crippen LogP contribution is 2.34. The van der Waals surface area contributed by atoms with E-state index in [1.807, 2.05) is 0 Å². The summed E-state index contributed by atoms with van der Waals surface area (Å²) in [4.78, 5) is 23.2. The topological polar surface area (TPSA) is 46.2 Å². The first-order valence-corrected chi connectivity index (χ1v) is 6.57. The molecule has 90 valence electrons. The van der Waals surface area contributed by atoms with Crippen molar-refractivity contribution in [1.29, 1.82) is 0 Å². The maximum absolute atomic E-state index is 11.9. The van der Waals surface area contributed by atoms with Gasteiger partial charge in [0.1, 0.15) is 5.78 Å². The lowest BCUT2D eigenvalue weighted by atomic mass is 9.73. The maximum Gasteiger partial charge on any atom is 0.219 e. The lowest BCUT2D eigenvalue weighted by Crippen LogP contribution is -2.32. The van der Waals surface area contributed by atoms with Crippen LogP contribution in [-0.4, -0.2) is 18.2 Å². The van der Waals surface area contributed by atoms with Gasteiger partial charge in [0.15, 0.2) is 0 Å². The number of rotatable bonds is 0. The molecule has 0 spiro atoms. The summed E-state index contributed by atoms with van der Waals surface area (Å²) >= 11 is 0. The maximum atomic E-state index is 11.9.